The molecule has 0 saturated carbocycles. The summed E-state index contributed by atoms with van der Waals surface area (Å²) in [6.07, 6.45) is 1.37. The molecule has 0 bridgehead atoms. The van der Waals surface area contributed by atoms with Gasteiger partial charge in [-0.05, 0) is 18.4 Å². The maximum absolute atomic E-state index is 12.3. The molecule has 2 N–H and O–H groups in total. The van der Waals surface area contributed by atoms with Crippen molar-refractivity contribution in [1.82, 2.24) is 15.1 Å². The number of carbonyl (C=O) groups is 4. The average Bonchev–Trinajstić information content (AvgIpc) is 2.66. The molecule has 3 amide bonds. The zero-order chi connectivity index (χ0) is 19.8. The third-order valence-corrected chi connectivity index (χ3v) is 4.57. The van der Waals surface area contributed by atoms with Gasteiger partial charge in [-0.2, -0.15) is 0 Å². The Kier molecular flexibility index (Phi) is 7.34. The number of piperidine rings is 1. The van der Waals surface area contributed by atoms with E-state index in [0.29, 0.717) is 19.4 Å². The Balaban J connectivity index is 1.75. The second-order valence-corrected chi connectivity index (χ2v) is 6.71. The van der Waals surface area contributed by atoms with Crippen LogP contribution in [0.1, 0.15) is 18.4 Å². The van der Waals surface area contributed by atoms with E-state index < -0.39 is 11.9 Å². The largest absolute Gasteiger partial charge is 0.481 e. The second-order valence-electron chi connectivity index (χ2n) is 6.71. The maximum Gasteiger partial charge on any atom is 0.308 e. The predicted molar refractivity (Wildman–Crippen MR) is 97.7 cm³/mol. The monoisotopic (exact) mass is 375 g/mol. The molecule has 8 nitrogen and oxygen atoms in total. The fourth-order valence-electron chi connectivity index (χ4n) is 2.95. The zero-order valence-electron chi connectivity index (χ0n) is 15.4. The minimum absolute atomic E-state index is 0.139. The molecule has 0 radical (unpaired) electrons. The van der Waals surface area contributed by atoms with Crippen LogP contribution in [0.4, 0.5) is 0 Å². The molecule has 0 spiro atoms. The van der Waals surface area contributed by atoms with Crippen LogP contribution < -0.4 is 5.32 Å². The van der Waals surface area contributed by atoms with E-state index in [4.69, 9.17) is 5.11 Å². The van der Waals surface area contributed by atoms with Gasteiger partial charge in [0.25, 0.3) is 0 Å². The maximum atomic E-state index is 12.3. The Bertz CT molecular complexity index is 692. The van der Waals surface area contributed by atoms with Crippen LogP contribution in [-0.4, -0.2) is 71.8 Å². The van der Waals surface area contributed by atoms with Gasteiger partial charge in [-0.1, -0.05) is 30.3 Å². The van der Waals surface area contributed by atoms with Crippen LogP contribution >= 0.6 is 0 Å². The van der Waals surface area contributed by atoms with Crippen molar-refractivity contribution in [2.45, 2.75) is 19.3 Å². The Labute approximate surface area is 158 Å². The number of rotatable bonds is 7. The fourth-order valence-corrected chi connectivity index (χ4v) is 2.95. The predicted octanol–water partition coefficient (Wildman–Crippen LogP) is 0.127. The van der Waals surface area contributed by atoms with Crippen molar-refractivity contribution in [3.05, 3.63) is 35.9 Å². The molecule has 8 heteroatoms. The number of carboxylic acids is 1. The van der Waals surface area contributed by atoms with E-state index >= 15 is 0 Å². The summed E-state index contributed by atoms with van der Waals surface area (Å²) >= 11 is 0. The van der Waals surface area contributed by atoms with Crippen molar-refractivity contribution in [2.24, 2.45) is 5.92 Å². The molecule has 0 aliphatic carbocycles. The molecule has 1 aromatic carbocycles. The SMILES string of the molecule is CN(CC(=O)N1CCCC(C(=O)O)C1)C(=O)CNC(=O)Cc1ccccc1. The Morgan fingerprint density at radius 1 is 1.22 bits per heavy atom. The molecule has 1 unspecified atom stereocenters. The lowest BCUT2D eigenvalue weighted by molar-refractivity contribution is -0.147. The average molecular weight is 375 g/mol. The van der Waals surface area contributed by atoms with E-state index in [2.05, 4.69) is 5.32 Å². The highest BCUT2D eigenvalue weighted by Gasteiger charge is 2.28. The molecular weight excluding hydrogens is 350 g/mol. The van der Waals surface area contributed by atoms with Gasteiger partial charge < -0.3 is 20.2 Å². The van der Waals surface area contributed by atoms with Crippen LogP contribution in [0.25, 0.3) is 0 Å². The highest BCUT2D eigenvalue weighted by molar-refractivity contribution is 5.88. The van der Waals surface area contributed by atoms with E-state index in [1.165, 1.54) is 16.8 Å². The van der Waals surface area contributed by atoms with Gasteiger partial charge in [-0.15, -0.1) is 0 Å². The Hall–Kier alpha value is -2.90. The molecule has 1 aliphatic heterocycles. The lowest BCUT2D eigenvalue weighted by Crippen LogP contribution is -2.48. The highest BCUT2D eigenvalue weighted by atomic mass is 16.4. The number of nitrogens with one attached hydrogen (secondary N) is 1. The van der Waals surface area contributed by atoms with Gasteiger partial charge in [0.05, 0.1) is 25.4 Å². The first-order chi connectivity index (χ1) is 12.9. The first-order valence-corrected chi connectivity index (χ1v) is 8.92. The standard InChI is InChI=1S/C19H25N3O5/c1-21(13-18(25)22-9-5-8-15(12-22)19(26)27)17(24)11-20-16(23)10-14-6-3-2-4-7-14/h2-4,6-7,15H,5,8-13H2,1H3,(H,20,23)(H,26,27). The smallest absolute Gasteiger partial charge is 0.308 e. The number of likely N-dealkylation sites (N-methyl/N-ethyl adjacent to an activating group) is 1. The lowest BCUT2D eigenvalue weighted by Gasteiger charge is -2.32. The summed E-state index contributed by atoms with van der Waals surface area (Å²) in [5.41, 5.74) is 0.851. The van der Waals surface area contributed by atoms with E-state index in [-0.39, 0.29) is 43.8 Å². The summed E-state index contributed by atoms with van der Waals surface area (Å²) < 4.78 is 0. The summed E-state index contributed by atoms with van der Waals surface area (Å²) in [5.74, 6) is -2.39. The van der Waals surface area contributed by atoms with Gasteiger partial charge in [-0.3, -0.25) is 19.2 Å². The molecule has 1 aromatic rings. The van der Waals surface area contributed by atoms with Crippen LogP contribution in [0.5, 0.6) is 0 Å². The zero-order valence-corrected chi connectivity index (χ0v) is 15.4. The molecule has 1 aliphatic rings. The first kappa shape index (κ1) is 20.4. The summed E-state index contributed by atoms with van der Waals surface area (Å²) in [4.78, 5) is 50.2. The summed E-state index contributed by atoms with van der Waals surface area (Å²) in [7, 11) is 1.49. The molecule has 1 saturated heterocycles. The molecule has 1 atom stereocenters. The minimum Gasteiger partial charge on any atom is -0.481 e. The van der Waals surface area contributed by atoms with Crippen molar-refractivity contribution in [1.29, 1.82) is 0 Å². The van der Waals surface area contributed by atoms with Crippen LogP contribution in [0, 0.1) is 5.92 Å². The Morgan fingerprint density at radius 2 is 1.93 bits per heavy atom. The van der Waals surface area contributed by atoms with Crippen LogP contribution in [0.3, 0.4) is 0 Å². The van der Waals surface area contributed by atoms with Crippen LogP contribution in [0.2, 0.25) is 0 Å². The van der Waals surface area contributed by atoms with Crippen molar-refractivity contribution < 1.29 is 24.3 Å². The van der Waals surface area contributed by atoms with E-state index in [0.717, 1.165) is 5.56 Å². The molecule has 146 valence electrons. The highest BCUT2D eigenvalue weighted by Crippen LogP contribution is 2.16. The minimum atomic E-state index is -0.905. The topological polar surface area (TPSA) is 107 Å². The summed E-state index contributed by atoms with van der Waals surface area (Å²) in [5, 5.41) is 11.6. The Morgan fingerprint density at radius 3 is 2.59 bits per heavy atom. The van der Waals surface area contributed by atoms with Crippen molar-refractivity contribution in [2.75, 3.05) is 33.2 Å². The number of aliphatic carboxylic acids is 1. The summed E-state index contributed by atoms with van der Waals surface area (Å²) in [6, 6.07) is 9.19. The quantitative estimate of drug-likeness (QED) is 0.704. The molecule has 1 heterocycles. The number of carbonyl (C=O) groups excluding carboxylic acids is 3. The fraction of sp³-hybridized carbons (Fsp3) is 0.474. The molecule has 1 fully saturated rings. The van der Waals surface area contributed by atoms with Gasteiger partial charge in [0, 0.05) is 20.1 Å². The van der Waals surface area contributed by atoms with Gasteiger partial charge >= 0.3 is 5.97 Å². The van der Waals surface area contributed by atoms with Crippen LogP contribution in [-0.2, 0) is 25.6 Å². The van der Waals surface area contributed by atoms with Crippen molar-refractivity contribution >= 4 is 23.7 Å². The summed E-state index contributed by atoms with van der Waals surface area (Å²) in [6.45, 7) is 0.343. The third-order valence-electron chi connectivity index (χ3n) is 4.57. The number of hydrogen-bond donors (Lipinski definition) is 2. The first-order valence-electron chi connectivity index (χ1n) is 8.92. The third kappa shape index (κ3) is 6.40. The van der Waals surface area contributed by atoms with Crippen LogP contribution in [0.15, 0.2) is 30.3 Å². The molecule has 2 rings (SSSR count). The molecular formula is C19H25N3O5. The normalized spacial score (nSPS) is 16.5. The van der Waals surface area contributed by atoms with Crippen molar-refractivity contribution in [3.63, 3.8) is 0 Å². The molecule has 0 aromatic heterocycles. The number of benzene rings is 1. The number of nitrogens with zero attached hydrogens (tertiary/aromatic N) is 2. The van der Waals surface area contributed by atoms with Gasteiger partial charge in [0.1, 0.15) is 0 Å². The number of carboxylic acid groups (broad SMARTS) is 1. The van der Waals surface area contributed by atoms with E-state index in [9.17, 15) is 19.2 Å². The molecule has 27 heavy (non-hydrogen) atoms. The van der Waals surface area contributed by atoms with Crippen molar-refractivity contribution in [3.8, 4) is 0 Å². The second kappa shape index (κ2) is 9.70. The number of hydrogen-bond acceptors (Lipinski definition) is 4. The lowest BCUT2D eigenvalue weighted by atomic mass is 9.98. The van der Waals surface area contributed by atoms with Gasteiger partial charge in [0.15, 0.2) is 0 Å². The van der Waals surface area contributed by atoms with Gasteiger partial charge in [-0.25, -0.2) is 0 Å². The van der Waals surface area contributed by atoms with E-state index in [1.807, 2.05) is 30.3 Å². The number of likely N-dealkylation sites (tertiary alicyclic amines) is 1. The van der Waals surface area contributed by atoms with E-state index in [1.54, 1.807) is 0 Å². The number of amides is 3. The van der Waals surface area contributed by atoms with Gasteiger partial charge in [0.2, 0.25) is 17.7 Å².